The third-order valence-electron chi connectivity index (χ3n) is 4.54. The Kier molecular flexibility index (Phi) is 5.19. The molecule has 4 aromatic carbocycles. The van der Waals surface area contributed by atoms with Crippen LogP contribution in [0.1, 0.15) is 0 Å². The van der Waals surface area contributed by atoms with E-state index in [1.165, 1.54) is 27.0 Å². The first-order chi connectivity index (χ1) is 12.8. The van der Waals surface area contributed by atoms with Crippen molar-refractivity contribution in [3.63, 3.8) is 0 Å². The van der Waals surface area contributed by atoms with Crippen molar-refractivity contribution in [3.8, 4) is 11.1 Å². The Morgan fingerprint density at radius 2 is 0.885 bits per heavy atom. The van der Waals surface area contributed by atoms with E-state index in [4.69, 9.17) is 0 Å². The van der Waals surface area contributed by atoms with Crippen molar-refractivity contribution < 1.29 is 0 Å². The lowest BCUT2D eigenvalue weighted by atomic mass is 10.1. The molecule has 0 aliphatic heterocycles. The molecule has 0 atom stereocenters. The van der Waals surface area contributed by atoms with Gasteiger partial charge in [0.15, 0.2) is 26.9 Å². The smallest absolute Gasteiger partial charge is 0.0622 e. The fraction of sp³-hybridized carbons (Fsp3) is 0. The molecule has 0 aliphatic carbocycles. The summed E-state index contributed by atoms with van der Waals surface area (Å²) in [5.41, 5.74) is 2.60. The summed E-state index contributed by atoms with van der Waals surface area (Å²) < 4.78 is 0. The van der Waals surface area contributed by atoms with E-state index >= 15 is 0 Å². The minimum Gasteiger partial charge on any atom is -0.0622 e. The molecular weight excluding hydrogens is 446 g/mol. The van der Waals surface area contributed by atoms with Crippen molar-refractivity contribution in [2.45, 2.75) is 0 Å². The maximum Gasteiger partial charge on any atom is 0.173 e. The molecule has 0 N–H and O–H groups in total. The Morgan fingerprint density at radius 1 is 0.462 bits per heavy atom. The normalized spacial score (nSPS) is 11.3. The van der Waals surface area contributed by atoms with Crippen LogP contribution in [0, 0.1) is 0 Å². The van der Waals surface area contributed by atoms with Crippen molar-refractivity contribution in [2.24, 2.45) is 0 Å². The lowest BCUT2D eigenvalue weighted by molar-refractivity contribution is 1.65. The molecule has 0 nitrogen and oxygen atoms in total. The number of halogens is 1. The van der Waals surface area contributed by atoms with Gasteiger partial charge in [0, 0.05) is 5.56 Å². The van der Waals surface area contributed by atoms with Gasteiger partial charge in [-0.2, -0.15) is 0 Å². The molecule has 0 heterocycles. The minimum atomic E-state index is -1.76. The minimum absolute atomic E-state index is 1.27. The first kappa shape index (κ1) is 17.5. The quantitative estimate of drug-likeness (QED) is 0.256. The summed E-state index contributed by atoms with van der Waals surface area (Å²) in [6.07, 6.45) is 0. The lowest BCUT2D eigenvalue weighted by Gasteiger charge is -2.22. The number of hydrogen-bond acceptors (Lipinski definition) is 0. The Bertz CT molecular complexity index is 943. The van der Waals surface area contributed by atoms with Gasteiger partial charge in [0.1, 0.15) is 15.9 Å². The molecule has 2 heteroatoms. The Labute approximate surface area is 168 Å². The second-order valence-electron chi connectivity index (χ2n) is 6.14. The molecule has 0 spiro atoms. The fourth-order valence-electron chi connectivity index (χ4n) is 3.30. The van der Waals surface area contributed by atoms with Gasteiger partial charge in [0.2, 0.25) is 0 Å². The van der Waals surface area contributed by atoms with Gasteiger partial charge >= 0.3 is 0 Å². The second kappa shape index (κ2) is 7.73. The van der Waals surface area contributed by atoms with Gasteiger partial charge in [-0.05, 0) is 35.9 Å². The summed E-state index contributed by atoms with van der Waals surface area (Å²) in [5.74, 6) is 0. The summed E-state index contributed by atoms with van der Waals surface area (Å²) in [6, 6.07) is 41.5. The first-order valence-electron chi connectivity index (χ1n) is 8.65. The molecule has 4 rings (SSSR count). The molecule has 0 amide bonds. The van der Waals surface area contributed by atoms with Crippen LogP contribution in [0.3, 0.4) is 0 Å². The average molecular weight is 465 g/mol. The van der Waals surface area contributed by atoms with Crippen LogP contribution in [0.4, 0.5) is 0 Å². The molecule has 0 fully saturated rings. The highest BCUT2D eigenvalue weighted by Crippen LogP contribution is 2.64. The summed E-state index contributed by atoms with van der Waals surface area (Å²) >= 11 is 2.74. The van der Waals surface area contributed by atoms with Crippen molar-refractivity contribution >= 4 is 42.9 Å². The Balaban J connectivity index is 2.01. The predicted octanol–water partition coefficient (Wildman–Crippen LogP) is 6.00. The standard InChI is InChI=1S/C24H19IP/c25-26(21-14-6-2-7-15-21,22-16-8-3-9-17-22)24-19-11-10-18-23(24)20-12-4-1-5-13-20/h1-19H/q+1. The van der Waals surface area contributed by atoms with E-state index in [0.29, 0.717) is 0 Å². The van der Waals surface area contributed by atoms with Crippen LogP contribution in [-0.2, 0) is 0 Å². The summed E-state index contributed by atoms with van der Waals surface area (Å²) in [7, 11) is 0. The van der Waals surface area contributed by atoms with Crippen LogP contribution < -0.4 is 15.9 Å². The van der Waals surface area contributed by atoms with E-state index < -0.39 is 4.90 Å². The van der Waals surface area contributed by atoms with Gasteiger partial charge in [-0.3, -0.25) is 0 Å². The molecule has 26 heavy (non-hydrogen) atoms. The first-order valence-corrected chi connectivity index (χ1v) is 13.2. The van der Waals surface area contributed by atoms with Gasteiger partial charge in [0.25, 0.3) is 0 Å². The van der Waals surface area contributed by atoms with Crippen molar-refractivity contribution in [1.82, 2.24) is 0 Å². The largest absolute Gasteiger partial charge is 0.173 e. The van der Waals surface area contributed by atoms with Crippen LogP contribution in [0.25, 0.3) is 11.1 Å². The van der Waals surface area contributed by atoms with E-state index in [9.17, 15) is 0 Å². The number of hydrogen-bond donors (Lipinski definition) is 0. The zero-order valence-corrected chi connectivity index (χ0v) is 17.3. The fourth-order valence-corrected chi connectivity index (χ4v) is 9.34. The van der Waals surface area contributed by atoms with E-state index in [1.54, 1.807) is 0 Å². The van der Waals surface area contributed by atoms with Gasteiger partial charge in [-0.15, -0.1) is 0 Å². The Morgan fingerprint density at radius 3 is 1.42 bits per heavy atom. The Hall–Kier alpha value is -1.96. The molecule has 0 unspecified atom stereocenters. The molecule has 0 radical (unpaired) electrons. The van der Waals surface area contributed by atoms with Crippen molar-refractivity contribution in [2.75, 3.05) is 0 Å². The van der Waals surface area contributed by atoms with E-state index in [1.807, 2.05) is 0 Å². The molecular formula is C24H19IP+. The van der Waals surface area contributed by atoms with Crippen molar-refractivity contribution in [3.05, 3.63) is 115 Å². The van der Waals surface area contributed by atoms with Crippen LogP contribution >= 0.6 is 26.9 Å². The van der Waals surface area contributed by atoms with Gasteiger partial charge < -0.3 is 0 Å². The number of rotatable bonds is 4. The van der Waals surface area contributed by atoms with Crippen LogP contribution in [0.15, 0.2) is 115 Å². The predicted molar refractivity (Wildman–Crippen MR) is 125 cm³/mol. The third kappa shape index (κ3) is 3.22. The van der Waals surface area contributed by atoms with Gasteiger partial charge in [0.05, 0.1) is 0 Å². The van der Waals surface area contributed by atoms with Crippen molar-refractivity contribution in [1.29, 1.82) is 0 Å². The maximum atomic E-state index is 2.74. The molecule has 0 aliphatic rings. The molecule has 0 saturated heterocycles. The monoisotopic (exact) mass is 465 g/mol. The average Bonchev–Trinajstić information content (AvgIpc) is 2.75. The lowest BCUT2D eigenvalue weighted by Crippen LogP contribution is -2.27. The highest BCUT2D eigenvalue weighted by molar-refractivity contribution is 14.2. The maximum absolute atomic E-state index is 2.74. The van der Waals surface area contributed by atoms with E-state index in [0.717, 1.165) is 0 Å². The third-order valence-corrected chi connectivity index (χ3v) is 12.5. The molecule has 0 aromatic heterocycles. The molecule has 0 saturated carbocycles. The summed E-state index contributed by atoms with van der Waals surface area (Å²) in [6.45, 7) is 0. The second-order valence-corrected chi connectivity index (χ2v) is 13.2. The summed E-state index contributed by atoms with van der Waals surface area (Å²) in [5, 5.41) is 4.22. The van der Waals surface area contributed by atoms with Gasteiger partial charge in [-0.25, -0.2) is 0 Å². The summed E-state index contributed by atoms with van der Waals surface area (Å²) in [4.78, 5) is -1.76. The topological polar surface area (TPSA) is 0 Å². The molecule has 126 valence electrons. The van der Waals surface area contributed by atoms with E-state index in [-0.39, 0.29) is 0 Å². The molecule has 4 aromatic rings. The number of benzene rings is 4. The van der Waals surface area contributed by atoms with E-state index in [2.05, 4.69) is 137 Å². The molecule has 0 bridgehead atoms. The van der Waals surface area contributed by atoms with Crippen LogP contribution in [-0.4, -0.2) is 0 Å². The highest BCUT2D eigenvalue weighted by atomic mass is 127. The van der Waals surface area contributed by atoms with Crippen LogP contribution in [0.2, 0.25) is 0 Å². The van der Waals surface area contributed by atoms with Gasteiger partial charge in [-0.1, -0.05) is 84.9 Å². The van der Waals surface area contributed by atoms with Crippen LogP contribution in [0.5, 0.6) is 0 Å². The zero-order chi connectivity index (χ0) is 17.8. The SMILES string of the molecule is I[P+](c1ccccc1)(c1ccccc1)c1ccccc1-c1ccccc1. The zero-order valence-electron chi connectivity index (χ0n) is 14.3. The highest BCUT2D eigenvalue weighted by Gasteiger charge is 2.45.